The molecule has 1 amide bonds. The second kappa shape index (κ2) is 8.74. The molecule has 9 heteroatoms. The van der Waals surface area contributed by atoms with Crippen molar-refractivity contribution < 1.29 is 4.79 Å². The van der Waals surface area contributed by atoms with Crippen LogP contribution in [0.15, 0.2) is 30.9 Å². The molecule has 8 nitrogen and oxygen atoms in total. The van der Waals surface area contributed by atoms with Gasteiger partial charge in [-0.1, -0.05) is 0 Å². The van der Waals surface area contributed by atoms with Crippen LogP contribution in [-0.4, -0.2) is 48.6 Å². The number of anilines is 2. The number of carbonyl (C=O) groups excluding carboxylic acids is 1. The van der Waals surface area contributed by atoms with Crippen LogP contribution in [0.3, 0.4) is 0 Å². The molecule has 0 aromatic carbocycles. The SMILES string of the molecule is Cc1nc(Nc2nccnc2[C@H]2CCCN(C(=O)/C=C/c3cnn(C)c3)C2)sc1C. The van der Waals surface area contributed by atoms with Crippen molar-refractivity contribution in [3.05, 3.63) is 52.7 Å². The van der Waals surface area contributed by atoms with Crippen LogP contribution in [0.25, 0.3) is 6.08 Å². The van der Waals surface area contributed by atoms with Crippen LogP contribution in [-0.2, 0) is 11.8 Å². The molecule has 0 radical (unpaired) electrons. The van der Waals surface area contributed by atoms with Gasteiger partial charge in [0.2, 0.25) is 5.91 Å². The Bertz CT molecular complexity index is 1050. The second-order valence-electron chi connectivity index (χ2n) is 7.48. The number of hydrogen-bond donors (Lipinski definition) is 1. The molecule has 4 heterocycles. The minimum atomic E-state index is 0.00752. The number of nitrogens with one attached hydrogen (secondary N) is 1. The maximum Gasteiger partial charge on any atom is 0.246 e. The second-order valence-corrected chi connectivity index (χ2v) is 8.68. The molecule has 156 valence electrons. The van der Waals surface area contributed by atoms with E-state index in [1.807, 2.05) is 25.1 Å². The van der Waals surface area contributed by atoms with Gasteiger partial charge in [0.1, 0.15) is 0 Å². The highest BCUT2D eigenvalue weighted by molar-refractivity contribution is 7.15. The van der Waals surface area contributed by atoms with E-state index in [0.29, 0.717) is 6.54 Å². The summed E-state index contributed by atoms with van der Waals surface area (Å²) in [7, 11) is 1.86. The van der Waals surface area contributed by atoms with Gasteiger partial charge in [-0.2, -0.15) is 5.10 Å². The van der Waals surface area contributed by atoms with E-state index >= 15 is 0 Å². The number of likely N-dealkylation sites (tertiary alicyclic amines) is 1. The predicted molar refractivity (Wildman–Crippen MR) is 118 cm³/mol. The summed E-state index contributed by atoms with van der Waals surface area (Å²) in [5, 5.41) is 8.27. The van der Waals surface area contributed by atoms with Crippen LogP contribution in [0.1, 0.15) is 40.6 Å². The first-order valence-electron chi connectivity index (χ1n) is 9.97. The molecule has 4 rings (SSSR count). The van der Waals surface area contributed by atoms with Gasteiger partial charge in [0.25, 0.3) is 0 Å². The zero-order chi connectivity index (χ0) is 21.1. The van der Waals surface area contributed by atoms with Crippen LogP contribution in [0, 0.1) is 13.8 Å². The molecular formula is C21H25N7OS. The Hall–Kier alpha value is -3.07. The summed E-state index contributed by atoms with van der Waals surface area (Å²) in [6.45, 7) is 5.43. The third-order valence-electron chi connectivity index (χ3n) is 5.24. The third-order valence-corrected chi connectivity index (χ3v) is 6.23. The minimum Gasteiger partial charge on any atom is -0.338 e. The molecule has 1 N–H and O–H groups in total. The zero-order valence-electron chi connectivity index (χ0n) is 17.4. The van der Waals surface area contributed by atoms with Crippen molar-refractivity contribution in [2.45, 2.75) is 32.6 Å². The lowest BCUT2D eigenvalue weighted by Crippen LogP contribution is -2.38. The van der Waals surface area contributed by atoms with Gasteiger partial charge in [-0.3, -0.25) is 14.5 Å². The van der Waals surface area contributed by atoms with E-state index in [0.717, 1.165) is 47.3 Å². The van der Waals surface area contributed by atoms with Gasteiger partial charge in [0.15, 0.2) is 10.9 Å². The molecule has 0 aliphatic carbocycles. The highest BCUT2D eigenvalue weighted by Crippen LogP contribution is 2.32. The number of aryl methyl sites for hydroxylation is 3. The van der Waals surface area contributed by atoms with Crippen LogP contribution in [0.5, 0.6) is 0 Å². The molecule has 3 aromatic rings. The monoisotopic (exact) mass is 423 g/mol. The van der Waals surface area contributed by atoms with Crippen molar-refractivity contribution in [3.8, 4) is 0 Å². The Kier molecular flexibility index (Phi) is 5.89. The van der Waals surface area contributed by atoms with Crippen molar-refractivity contribution in [1.29, 1.82) is 0 Å². The molecule has 3 aromatic heterocycles. The first-order chi connectivity index (χ1) is 14.5. The summed E-state index contributed by atoms with van der Waals surface area (Å²) in [6, 6.07) is 0. The Morgan fingerprint density at radius 1 is 1.30 bits per heavy atom. The van der Waals surface area contributed by atoms with Crippen molar-refractivity contribution in [2.24, 2.45) is 7.05 Å². The van der Waals surface area contributed by atoms with E-state index in [4.69, 9.17) is 0 Å². The highest BCUT2D eigenvalue weighted by Gasteiger charge is 2.27. The van der Waals surface area contributed by atoms with Crippen molar-refractivity contribution in [3.63, 3.8) is 0 Å². The van der Waals surface area contributed by atoms with Crippen LogP contribution >= 0.6 is 11.3 Å². The number of carbonyl (C=O) groups is 1. The summed E-state index contributed by atoms with van der Waals surface area (Å²) >= 11 is 1.61. The molecule has 1 saturated heterocycles. The van der Waals surface area contributed by atoms with Gasteiger partial charge in [0, 0.05) is 61.2 Å². The summed E-state index contributed by atoms with van der Waals surface area (Å²) in [5.74, 6) is 0.859. The van der Waals surface area contributed by atoms with Crippen LogP contribution < -0.4 is 5.32 Å². The Labute approximate surface area is 179 Å². The third kappa shape index (κ3) is 4.56. The van der Waals surface area contributed by atoms with E-state index in [2.05, 4.69) is 32.3 Å². The van der Waals surface area contributed by atoms with E-state index in [9.17, 15) is 4.79 Å². The first-order valence-corrected chi connectivity index (χ1v) is 10.8. The largest absolute Gasteiger partial charge is 0.338 e. The van der Waals surface area contributed by atoms with Crippen molar-refractivity contribution in [1.82, 2.24) is 29.6 Å². The molecule has 1 atom stereocenters. The normalized spacial score (nSPS) is 16.9. The fourth-order valence-electron chi connectivity index (χ4n) is 3.57. The Balaban J connectivity index is 1.48. The lowest BCUT2D eigenvalue weighted by molar-refractivity contribution is -0.127. The predicted octanol–water partition coefficient (Wildman–Crippen LogP) is 3.45. The quantitative estimate of drug-likeness (QED) is 0.633. The van der Waals surface area contributed by atoms with Gasteiger partial charge in [-0.05, 0) is 32.8 Å². The summed E-state index contributed by atoms with van der Waals surface area (Å²) in [4.78, 5) is 29.4. The number of piperidine rings is 1. The van der Waals surface area contributed by atoms with Gasteiger partial charge in [0.05, 0.1) is 17.6 Å². The average Bonchev–Trinajstić information content (AvgIpc) is 3.31. The zero-order valence-corrected chi connectivity index (χ0v) is 18.2. The summed E-state index contributed by atoms with van der Waals surface area (Å²) < 4.78 is 1.72. The molecule has 1 aliphatic rings. The fourth-order valence-corrected chi connectivity index (χ4v) is 4.38. The maximum absolute atomic E-state index is 12.7. The number of nitrogens with zero attached hydrogens (tertiary/aromatic N) is 6. The number of thiazole rings is 1. The number of hydrogen-bond acceptors (Lipinski definition) is 7. The smallest absolute Gasteiger partial charge is 0.246 e. The molecule has 0 saturated carbocycles. The molecule has 0 bridgehead atoms. The lowest BCUT2D eigenvalue weighted by atomic mass is 9.94. The topological polar surface area (TPSA) is 88.8 Å². The molecule has 30 heavy (non-hydrogen) atoms. The molecule has 1 aliphatic heterocycles. The average molecular weight is 424 g/mol. The summed E-state index contributed by atoms with van der Waals surface area (Å²) in [5.41, 5.74) is 2.81. The standard InChI is InChI=1S/C21H25N7OS/c1-14-15(2)30-21(25-14)26-20-19(22-8-9-23-20)17-5-4-10-28(13-17)18(29)7-6-16-11-24-27(3)12-16/h6-9,11-12,17H,4-5,10,13H2,1-3H3,(H,23,25,26)/b7-6+/t17-/m0/s1. The maximum atomic E-state index is 12.7. The van der Waals surface area contributed by atoms with E-state index < -0.39 is 0 Å². The molecular weight excluding hydrogens is 398 g/mol. The van der Waals surface area contributed by atoms with Gasteiger partial charge >= 0.3 is 0 Å². The lowest BCUT2D eigenvalue weighted by Gasteiger charge is -2.32. The summed E-state index contributed by atoms with van der Waals surface area (Å²) in [6.07, 6.45) is 12.3. The molecule has 1 fully saturated rings. The minimum absolute atomic E-state index is 0.00752. The van der Waals surface area contributed by atoms with Crippen molar-refractivity contribution >= 4 is 34.3 Å². The Morgan fingerprint density at radius 2 is 2.13 bits per heavy atom. The van der Waals surface area contributed by atoms with E-state index in [-0.39, 0.29) is 11.8 Å². The van der Waals surface area contributed by atoms with Crippen LogP contribution in [0.2, 0.25) is 0 Å². The van der Waals surface area contributed by atoms with Gasteiger partial charge in [-0.25, -0.2) is 9.97 Å². The molecule has 0 spiro atoms. The molecule has 0 unspecified atom stereocenters. The van der Waals surface area contributed by atoms with Crippen LogP contribution in [0.4, 0.5) is 10.9 Å². The van der Waals surface area contributed by atoms with Crippen molar-refractivity contribution in [2.75, 3.05) is 18.4 Å². The highest BCUT2D eigenvalue weighted by atomic mass is 32.1. The number of amides is 1. The van der Waals surface area contributed by atoms with E-state index in [1.165, 1.54) is 4.88 Å². The van der Waals surface area contributed by atoms with E-state index in [1.54, 1.807) is 46.8 Å². The van der Waals surface area contributed by atoms with Gasteiger partial charge < -0.3 is 10.2 Å². The van der Waals surface area contributed by atoms with Gasteiger partial charge in [-0.15, -0.1) is 11.3 Å². The number of rotatable bonds is 5. The Morgan fingerprint density at radius 3 is 2.87 bits per heavy atom. The number of aromatic nitrogens is 5. The first kappa shape index (κ1) is 20.2. The fraction of sp³-hybridized carbons (Fsp3) is 0.381.